The van der Waals surface area contributed by atoms with Gasteiger partial charge >= 0.3 is 0 Å². The number of nitrogens with zero attached hydrogens (tertiary/aromatic N) is 2. The minimum Gasteiger partial charge on any atom is -0.461 e. The lowest BCUT2D eigenvalue weighted by molar-refractivity contribution is 0.110. The Balaban J connectivity index is 2.43. The van der Waals surface area contributed by atoms with Crippen LogP contribution in [0.1, 0.15) is 10.6 Å². The highest BCUT2D eigenvalue weighted by Gasteiger charge is 2.05. The number of carbonyl (C=O) groups excluding carboxylic acids is 1. The first-order valence-corrected chi connectivity index (χ1v) is 4.20. The molecular formula is C9H5ClN2O2. The molecule has 0 aliphatic carbocycles. The van der Waals surface area contributed by atoms with Crippen LogP contribution in [0.25, 0.3) is 11.3 Å². The smallest absolute Gasteiger partial charge is 0.222 e. The molecule has 0 amide bonds. The first kappa shape index (κ1) is 8.90. The van der Waals surface area contributed by atoms with E-state index in [1.165, 1.54) is 12.5 Å². The molecule has 0 fully saturated rings. The van der Waals surface area contributed by atoms with Crippen LogP contribution in [0.4, 0.5) is 0 Å². The van der Waals surface area contributed by atoms with E-state index in [0.717, 1.165) is 0 Å². The fourth-order valence-corrected chi connectivity index (χ4v) is 1.19. The van der Waals surface area contributed by atoms with Gasteiger partial charge in [0.25, 0.3) is 0 Å². The molecule has 0 N–H and O–H groups in total. The molecule has 0 radical (unpaired) electrons. The minimum atomic E-state index is 0.163. The van der Waals surface area contributed by atoms with Crippen molar-refractivity contribution < 1.29 is 9.21 Å². The normalized spacial score (nSPS) is 10.1. The van der Waals surface area contributed by atoms with Gasteiger partial charge in [-0.3, -0.25) is 4.79 Å². The van der Waals surface area contributed by atoms with Crippen molar-refractivity contribution in [2.75, 3.05) is 0 Å². The topological polar surface area (TPSA) is 56.0 Å². The molecular weight excluding hydrogens is 204 g/mol. The van der Waals surface area contributed by atoms with Crippen LogP contribution in [-0.2, 0) is 0 Å². The number of halogens is 1. The molecule has 0 aliphatic rings. The maximum Gasteiger partial charge on any atom is 0.222 e. The van der Waals surface area contributed by atoms with Crippen LogP contribution in [0.2, 0.25) is 5.28 Å². The molecule has 0 atom stereocenters. The summed E-state index contributed by atoms with van der Waals surface area (Å²) < 4.78 is 4.94. The number of furan rings is 1. The standard InChI is InChI=1S/C9H5ClN2O2/c10-9-11-2-1-8(12-9)6-3-7(4-13)14-5-6/h1-5H. The minimum absolute atomic E-state index is 0.163. The predicted molar refractivity (Wildman–Crippen MR) is 50.1 cm³/mol. The lowest BCUT2D eigenvalue weighted by Gasteiger charge is -1.93. The molecule has 70 valence electrons. The van der Waals surface area contributed by atoms with Crippen molar-refractivity contribution in [2.45, 2.75) is 0 Å². The molecule has 4 nitrogen and oxygen atoms in total. The fraction of sp³-hybridized carbons (Fsp3) is 0. The zero-order chi connectivity index (χ0) is 9.97. The summed E-state index contributed by atoms with van der Waals surface area (Å²) in [7, 11) is 0. The Labute approximate surface area is 84.6 Å². The van der Waals surface area contributed by atoms with E-state index in [1.807, 2.05) is 0 Å². The van der Waals surface area contributed by atoms with Gasteiger partial charge in [0, 0.05) is 11.8 Å². The molecule has 2 aromatic heterocycles. The predicted octanol–water partition coefficient (Wildman–Crippen LogP) is 2.20. The van der Waals surface area contributed by atoms with E-state index < -0.39 is 0 Å². The van der Waals surface area contributed by atoms with Crippen molar-refractivity contribution in [3.8, 4) is 11.3 Å². The van der Waals surface area contributed by atoms with Crippen molar-refractivity contribution in [1.29, 1.82) is 0 Å². The summed E-state index contributed by atoms with van der Waals surface area (Å²) in [4.78, 5) is 18.1. The number of carbonyl (C=O) groups is 1. The van der Waals surface area contributed by atoms with Crippen molar-refractivity contribution >= 4 is 17.9 Å². The van der Waals surface area contributed by atoms with Crippen molar-refractivity contribution in [3.05, 3.63) is 35.6 Å². The van der Waals surface area contributed by atoms with E-state index >= 15 is 0 Å². The maximum atomic E-state index is 10.4. The van der Waals surface area contributed by atoms with Crippen molar-refractivity contribution in [3.63, 3.8) is 0 Å². The van der Waals surface area contributed by atoms with E-state index in [0.29, 0.717) is 17.5 Å². The molecule has 2 heterocycles. The second kappa shape index (κ2) is 3.59. The molecule has 14 heavy (non-hydrogen) atoms. The zero-order valence-electron chi connectivity index (χ0n) is 6.98. The van der Waals surface area contributed by atoms with Crippen LogP contribution in [0.3, 0.4) is 0 Å². The average molecular weight is 209 g/mol. The molecule has 0 saturated heterocycles. The van der Waals surface area contributed by atoms with Gasteiger partial charge in [0.05, 0.1) is 5.69 Å². The molecule has 2 aromatic rings. The first-order valence-electron chi connectivity index (χ1n) is 3.82. The van der Waals surface area contributed by atoms with Gasteiger partial charge in [0.15, 0.2) is 12.0 Å². The Morgan fingerprint density at radius 3 is 3.00 bits per heavy atom. The third-order valence-corrected chi connectivity index (χ3v) is 1.84. The highest BCUT2D eigenvalue weighted by atomic mass is 35.5. The summed E-state index contributed by atoms with van der Waals surface area (Å²) in [5, 5.41) is 0.163. The van der Waals surface area contributed by atoms with Crippen LogP contribution in [0.15, 0.2) is 29.0 Å². The molecule has 5 heteroatoms. The Bertz CT molecular complexity index is 467. The van der Waals surface area contributed by atoms with Crippen molar-refractivity contribution in [2.24, 2.45) is 0 Å². The van der Waals surface area contributed by atoms with Gasteiger partial charge in [-0.15, -0.1) is 0 Å². The number of hydrogen-bond acceptors (Lipinski definition) is 4. The van der Waals surface area contributed by atoms with Crippen LogP contribution in [0.5, 0.6) is 0 Å². The van der Waals surface area contributed by atoms with Gasteiger partial charge in [0.1, 0.15) is 6.26 Å². The second-order valence-electron chi connectivity index (χ2n) is 2.57. The molecule has 0 aliphatic heterocycles. The number of aromatic nitrogens is 2. The Kier molecular flexibility index (Phi) is 2.28. The Morgan fingerprint density at radius 2 is 2.36 bits per heavy atom. The summed E-state index contributed by atoms with van der Waals surface area (Å²) in [5.41, 5.74) is 1.33. The van der Waals surface area contributed by atoms with Gasteiger partial charge in [-0.1, -0.05) is 0 Å². The first-order chi connectivity index (χ1) is 6.79. The monoisotopic (exact) mass is 208 g/mol. The van der Waals surface area contributed by atoms with Crippen LogP contribution < -0.4 is 0 Å². The van der Waals surface area contributed by atoms with E-state index in [-0.39, 0.29) is 11.0 Å². The third kappa shape index (κ3) is 1.65. The molecule has 0 saturated carbocycles. The Hall–Kier alpha value is -1.68. The lowest BCUT2D eigenvalue weighted by atomic mass is 10.2. The molecule has 0 bridgehead atoms. The molecule has 0 unspecified atom stereocenters. The molecule has 0 spiro atoms. The SMILES string of the molecule is O=Cc1cc(-c2ccnc(Cl)n2)co1. The van der Waals surface area contributed by atoms with Crippen LogP contribution >= 0.6 is 11.6 Å². The summed E-state index contributed by atoms with van der Waals surface area (Å²) in [6.07, 6.45) is 3.62. The lowest BCUT2D eigenvalue weighted by Crippen LogP contribution is -1.84. The van der Waals surface area contributed by atoms with Gasteiger partial charge in [0.2, 0.25) is 5.28 Å². The summed E-state index contributed by atoms with van der Waals surface area (Å²) in [5.74, 6) is 0.259. The average Bonchev–Trinajstić information content (AvgIpc) is 2.66. The van der Waals surface area contributed by atoms with Crippen LogP contribution in [-0.4, -0.2) is 16.3 Å². The second-order valence-corrected chi connectivity index (χ2v) is 2.90. The van der Waals surface area contributed by atoms with E-state index in [1.54, 1.807) is 12.1 Å². The number of hydrogen-bond donors (Lipinski definition) is 0. The summed E-state index contributed by atoms with van der Waals surface area (Å²) in [6.45, 7) is 0. The van der Waals surface area contributed by atoms with Gasteiger partial charge < -0.3 is 4.42 Å². The van der Waals surface area contributed by atoms with E-state index in [9.17, 15) is 4.79 Å². The third-order valence-electron chi connectivity index (χ3n) is 1.66. The molecule has 0 aromatic carbocycles. The number of rotatable bonds is 2. The highest BCUT2D eigenvalue weighted by Crippen LogP contribution is 2.19. The van der Waals surface area contributed by atoms with E-state index in [4.69, 9.17) is 16.0 Å². The van der Waals surface area contributed by atoms with E-state index in [2.05, 4.69) is 9.97 Å². The summed E-state index contributed by atoms with van der Waals surface area (Å²) >= 11 is 5.61. The van der Waals surface area contributed by atoms with Gasteiger partial charge in [-0.2, -0.15) is 0 Å². The summed E-state index contributed by atoms with van der Waals surface area (Å²) in [6, 6.07) is 3.27. The van der Waals surface area contributed by atoms with Crippen molar-refractivity contribution in [1.82, 2.24) is 9.97 Å². The van der Waals surface area contributed by atoms with Gasteiger partial charge in [-0.25, -0.2) is 9.97 Å². The largest absolute Gasteiger partial charge is 0.461 e. The fourth-order valence-electron chi connectivity index (χ4n) is 1.04. The molecule has 2 rings (SSSR count). The Morgan fingerprint density at radius 1 is 1.50 bits per heavy atom. The quantitative estimate of drug-likeness (QED) is 0.561. The van der Waals surface area contributed by atoms with Crippen LogP contribution in [0, 0.1) is 0 Å². The zero-order valence-corrected chi connectivity index (χ0v) is 7.73. The highest BCUT2D eigenvalue weighted by molar-refractivity contribution is 6.28. The van der Waals surface area contributed by atoms with Gasteiger partial charge in [-0.05, 0) is 23.7 Å². The number of aldehydes is 1. The maximum absolute atomic E-state index is 10.4.